The third kappa shape index (κ3) is 3.62. The molecule has 0 aliphatic carbocycles. The Morgan fingerprint density at radius 3 is 2.68 bits per heavy atom. The van der Waals surface area contributed by atoms with E-state index in [9.17, 15) is 9.59 Å². The van der Waals surface area contributed by atoms with Crippen LogP contribution in [-0.4, -0.2) is 32.1 Å². The summed E-state index contributed by atoms with van der Waals surface area (Å²) < 4.78 is 4.98. The molecule has 3 aromatic carbocycles. The number of hydrogen-bond acceptors (Lipinski definition) is 3. The number of rotatable bonds is 4. The maximum Gasteiger partial charge on any atom is 0.255 e. The van der Waals surface area contributed by atoms with Crippen molar-refractivity contribution >= 4 is 34.0 Å². The minimum Gasteiger partial charge on any atom is -0.375 e. The van der Waals surface area contributed by atoms with Gasteiger partial charge in [0.2, 0.25) is 0 Å². The van der Waals surface area contributed by atoms with Crippen molar-refractivity contribution in [3.8, 4) is 0 Å². The maximum absolute atomic E-state index is 12.7. The first-order valence-corrected chi connectivity index (χ1v) is 9.38. The number of fused-ring (bicyclic) bond motifs is 2. The topological polar surface area (TPSA) is 58.6 Å². The van der Waals surface area contributed by atoms with Crippen molar-refractivity contribution in [2.75, 3.05) is 30.5 Å². The molecule has 142 valence electrons. The quantitative estimate of drug-likeness (QED) is 0.750. The van der Waals surface area contributed by atoms with Crippen LogP contribution in [0.25, 0.3) is 10.8 Å². The largest absolute Gasteiger partial charge is 0.375 e. The van der Waals surface area contributed by atoms with Gasteiger partial charge in [-0.15, -0.1) is 0 Å². The molecule has 0 atom stereocenters. The molecule has 4 rings (SSSR count). The van der Waals surface area contributed by atoms with E-state index in [0.29, 0.717) is 12.1 Å². The summed E-state index contributed by atoms with van der Waals surface area (Å²) in [5.41, 5.74) is 3.32. The number of benzene rings is 3. The number of methoxy groups -OCH3 is 1. The zero-order valence-corrected chi connectivity index (χ0v) is 15.8. The average Bonchev–Trinajstić information content (AvgIpc) is 2.73. The molecule has 2 amide bonds. The van der Waals surface area contributed by atoms with Gasteiger partial charge < -0.3 is 15.0 Å². The van der Waals surface area contributed by atoms with Gasteiger partial charge in [0.25, 0.3) is 11.8 Å². The van der Waals surface area contributed by atoms with E-state index in [2.05, 4.69) is 5.32 Å². The Kier molecular flexibility index (Phi) is 5.08. The van der Waals surface area contributed by atoms with Crippen LogP contribution in [0.3, 0.4) is 0 Å². The molecule has 0 spiro atoms. The molecule has 28 heavy (non-hydrogen) atoms. The predicted molar refractivity (Wildman–Crippen MR) is 111 cm³/mol. The lowest BCUT2D eigenvalue weighted by atomic mass is 10.0. The number of nitrogens with zero attached hydrogens (tertiary/aromatic N) is 1. The summed E-state index contributed by atoms with van der Waals surface area (Å²) in [6.45, 7) is 0.762. The average molecular weight is 374 g/mol. The number of ether oxygens (including phenoxy) is 1. The van der Waals surface area contributed by atoms with Gasteiger partial charge in [0.05, 0.1) is 0 Å². The van der Waals surface area contributed by atoms with Crippen molar-refractivity contribution < 1.29 is 14.3 Å². The summed E-state index contributed by atoms with van der Waals surface area (Å²) in [6, 6.07) is 19.4. The maximum atomic E-state index is 12.7. The Labute approximate surface area is 163 Å². The van der Waals surface area contributed by atoms with Gasteiger partial charge in [-0.1, -0.05) is 30.3 Å². The lowest BCUT2D eigenvalue weighted by Gasteiger charge is -2.29. The Bertz CT molecular complexity index is 1040. The van der Waals surface area contributed by atoms with E-state index in [-0.39, 0.29) is 18.4 Å². The first kappa shape index (κ1) is 18.2. The summed E-state index contributed by atoms with van der Waals surface area (Å²) in [5, 5.41) is 5.12. The summed E-state index contributed by atoms with van der Waals surface area (Å²) in [4.78, 5) is 26.7. The van der Waals surface area contributed by atoms with Crippen molar-refractivity contribution in [1.82, 2.24) is 0 Å². The molecular weight excluding hydrogens is 352 g/mol. The lowest BCUT2D eigenvalue weighted by Crippen LogP contribution is -2.37. The second-order valence-corrected chi connectivity index (χ2v) is 6.94. The number of nitrogens with one attached hydrogen (secondary N) is 1. The summed E-state index contributed by atoms with van der Waals surface area (Å²) >= 11 is 0. The second kappa shape index (κ2) is 7.82. The predicted octanol–water partition coefficient (Wildman–Crippen LogP) is 4.02. The summed E-state index contributed by atoms with van der Waals surface area (Å²) in [6.07, 6.45) is 1.77. The van der Waals surface area contributed by atoms with Crippen LogP contribution in [0.1, 0.15) is 22.3 Å². The van der Waals surface area contributed by atoms with Crippen LogP contribution < -0.4 is 10.2 Å². The number of carbonyl (C=O) groups excluding carboxylic acids is 2. The SMILES string of the molecule is COCC(=O)N1CCCc2cc(NC(=O)c3ccc4ccccc4c3)ccc21. The summed E-state index contributed by atoms with van der Waals surface area (Å²) in [7, 11) is 1.52. The third-order valence-corrected chi connectivity index (χ3v) is 5.04. The Hall–Kier alpha value is -3.18. The van der Waals surface area contributed by atoms with Crippen molar-refractivity contribution in [2.45, 2.75) is 12.8 Å². The van der Waals surface area contributed by atoms with Gasteiger partial charge in [-0.05, 0) is 59.5 Å². The molecule has 0 fully saturated rings. The van der Waals surface area contributed by atoms with Gasteiger partial charge >= 0.3 is 0 Å². The number of hydrogen-bond donors (Lipinski definition) is 1. The normalized spacial score (nSPS) is 13.2. The highest BCUT2D eigenvalue weighted by Gasteiger charge is 2.22. The highest BCUT2D eigenvalue weighted by molar-refractivity contribution is 6.06. The zero-order chi connectivity index (χ0) is 19.5. The van der Waals surface area contributed by atoms with Gasteiger partial charge in [0.1, 0.15) is 6.61 Å². The van der Waals surface area contributed by atoms with Crippen LogP contribution in [0.15, 0.2) is 60.7 Å². The van der Waals surface area contributed by atoms with E-state index in [1.807, 2.05) is 60.7 Å². The molecule has 1 N–H and O–H groups in total. The van der Waals surface area contributed by atoms with Crippen molar-refractivity contribution in [3.05, 3.63) is 71.8 Å². The minimum absolute atomic E-state index is 0.0450. The van der Waals surface area contributed by atoms with Crippen LogP contribution in [0.5, 0.6) is 0 Å². The minimum atomic E-state index is -0.145. The first-order chi connectivity index (χ1) is 13.7. The molecule has 1 aliphatic heterocycles. The van der Waals surface area contributed by atoms with Crippen LogP contribution in [0.2, 0.25) is 0 Å². The molecule has 0 unspecified atom stereocenters. The second-order valence-electron chi connectivity index (χ2n) is 6.94. The Balaban J connectivity index is 1.55. The molecule has 0 saturated heterocycles. The summed E-state index contributed by atoms with van der Waals surface area (Å²) in [5.74, 6) is -0.190. The number of carbonyl (C=O) groups is 2. The van der Waals surface area contributed by atoms with Crippen LogP contribution in [-0.2, 0) is 16.0 Å². The lowest BCUT2D eigenvalue weighted by molar-refractivity contribution is -0.122. The van der Waals surface area contributed by atoms with Gasteiger partial charge in [0.15, 0.2) is 0 Å². The van der Waals surface area contributed by atoms with E-state index in [1.54, 1.807) is 4.90 Å². The molecule has 0 bridgehead atoms. The highest BCUT2D eigenvalue weighted by Crippen LogP contribution is 2.30. The molecule has 0 aromatic heterocycles. The number of anilines is 2. The molecule has 3 aromatic rings. The number of aryl methyl sites for hydroxylation is 1. The molecule has 0 saturated carbocycles. The fraction of sp³-hybridized carbons (Fsp3) is 0.217. The van der Waals surface area contributed by atoms with Gasteiger partial charge in [-0.3, -0.25) is 9.59 Å². The third-order valence-electron chi connectivity index (χ3n) is 5.04. The van der Waals surface area contributed by atoms with E-state index in [4.69, 9.17) is 4.74 Å². The van der Waals surface area contributed by atoms with E-state index >= 15 is 0 Å². The fourth-order valence-corrected chi connectivity index (χ4v) is 3.67. The smallest absolute Gasteiger partial charge is 0.255 e. The highest BCUT2D eigenvalue weighted by atomic mass is 16.5. The first-order valence-electron chi connectivity index (χ1n) is 9.38. The van der Waals surface area contributed by atoms with E-state index in [1.165, 1.54) is 7.11 Å². The molecule has 5 nitrogen and oxygen atoms in total. The Morgan fingerprint density at radius 1 is 1.04 bits per heavy atom. The van der Waals surface area contributed by atoms with Crippen LogP contribution in [0, 0.1) is 0 Å². The van der Waals surface area contributed by atoms with Gasteiger partial charge in [-0.25, -0.2) is 0 Å². The number of amides is 2. The molecule has 0 radical (unpaired) electrons. The van der Waals surface area contributed by atoms with E-state index < -0.39 is 0 Å². The molecule has 5 heteroatoms. The van der Waals surface area contributed by atoms with Crippen molar-refractivity contribution in [3.63, 3.8) is 0 Å². The molecular formula is C23H22N2O3. The van der Waals surface area contributed by atoms with Crippen molar-refractivity contribution in [1.29, 1.82) is 0 Å². The van der Waals surface area contributed by atoms with Crippen LogP contribution in [0.4, 0.5) is 11.4 Å². The van der Waals surface area contributed by atoms with Gasteiger partial charge in [-0.2, -0.15) is 0 Å². The van der Waals surface area contributed by atoms with Crippen molar-refractivity contribution in [2.24, 2.45) is 0 Å². The van der Waals surface area contributed by atoms with Crippen LogP contribution >= 0.6 is 0 Å². The van der Waals surface area contributed by atoms with E-state index in [0.717, 1.165) is 40.6 Å². The Morgan fingerprint density at radius 2 is 1.86 bits per heavy atom. The molecule has 1 aliphatic rings. The molecule has 1 heterocycles. The standard InChI is InChI=1S/C23H22N2O3/c1-28-15-22(26)25-12-4-7-18-14-20(10-11-21(18)25)24-23(27)19-9-8-16-5-2-3-6-17(16)13-19/h2-3,5-6,8-11,13-14H,4,7,12,15H2,1H3,(H,24,27). The zero-order valence-electron chi connectivity index (χ0n) is 15.8. The van der Waals surface area contributed by atoms with Gasteiger partial charge in [0, 0.05) is 30.6 Å². The fourth-order valence-electron chi connectivity index (χ4n) is 3.67. The monoisotopic (exact) mass is 374 g/mol.